The molecule has 1 aromatic rings. The number of hydrogen-bond donors (Lipinski definition) is 0. The SMILES string of the molecule is CCCC1=C(C(=O)OCC)SC2(SC(C(=O)OCC)=NN2c2cccc(Cl)c2)N1C. The summed E-state index contributed by atoms with van der Waals surface area (Å²) in [5.74, 6) is -0.868. The second-order valence-corrected chi connectivity index (χ2v) is 9.51. The Hall–Kier alpha value is -1.84. The maximum Gasteiger partial charge on any atom is 0.365 e. The fourth-order valence-corrected chi connectivity index (χ4v) is 6.26. The molecule has 162 valence electrons. The molecule has 2 heterocycles. The van der Waals surface area contributed by atoms with Gasteiger partial charge in [-0.3, -0.25) is 0 Å². The third kappa shape index (κ3) is 4.15. The number of nitrogens with zero attached hydrogens (tertiary/aromatic N) is 3. The van der Waals surface area contributed by atoms with E-state index in [2.05, 4.69) is 12.0 Å². The highest BCUT2D eigenvalue weighted by Crippen LogP contribution is 2.59. The van der Waals surface area contributed by atoms with Crippen LogP contribution in [0.1, 0.15) is 33.6 Å². The summed E-state index contributed by atoms with van der Waals surface area (Å²) in [6, 6.07) is 7.23. The van der Waals surface area contributed by atoms with E-state index in [0.717, 1.165) is 12.1 Å². The molecule has 0 aliphatic carbocycles. The second kappa shape index (κ2) is 9.53. The first-order valence-electron chi connectivity index (χ1n) is 9.71. The number of thioether (sulfide) groups is 2. The van der Waals surface area contributed by atoms with Crippen LogP contribution in [-0.2, 0) is 19.1 Å². The third-order valence-electron chi connectivity index (χ3n) is 4.46. The van der Waals surface area contributed by atoms with Crippen LogP contribution in [0.2, 0.25) is 5.02 Å². The summed E-state index contributed by atoms with van der Waals surface area (Å²) < 4.78 is 9.58. The van der Waals surface area contributed by atoms with Crippen LogP contribution in [0.15, 0.2) is 40.0 Å². The topological polar surface area (TPSA) is 71.4 Å². The largest absolute Gasteiger partial charge is 0.462 e. The fraction of sp³-hybridized carbons (Fsp3) is 0.450. The van der Waals surface area contributed by atoms with Crippen molar-refractivity contribution in [3.63, 3.8) is 0 Å². The molecule has 0 saturated carbocycles. The summed E-state index contributed by atoms with van der Waals surface area (Å²) >= 11 is 8.80. The van der Waals surface area contributed by atoms with Gasteiger partial charge in [0.15, 0.2) is 0 Å². The van der Waals surface area contributed by atoms with Gasteiger partial charge in [-0.15, -0.1) is 0 Å². The Kier molecular flexibility index (Phi) is 7.26. The molecule has 1 aromatic carbocycles. The van der Waals surface area contributed by atoms with Gasteiger partial charge in [-0.25, -0.2) is 14.6 Å². The van der Waals surface area contributed by atoms with E-state index in [0.29, 0.717) is 22.0 Å². The van der Waals surface area contributed by atoms with Crippen molar-refractivity contribution in [2.24, 2.45) is 5.10 Å². The Labute approximate surface area is 189 Å². The normalized spacial score (nSPS) is 20.8. The number of allylic oxidation sites excluding steroid dienone is 1. The van der Waals surface area contributed by atoms with Gasteiger partial charge in [0.2, 0.25) is 9.37 Å². The number of rotatable bonds is 7. The molecule has 7 nitrogen and oxygen atoms in total. The molecule has 0 saturated heterocycles. The number of anilines is 1. The number of benzene rings is 1. The van der Waals surface area contributed by atoms with E-state index in [1.165, 1.54) is 23.5 Å². The standard InChI is InChI=1S/C20H24ClN3O4S2/c1-5-9-15-16(18(25)27-6-2)29-20(23(15)4)24(14-11-8-10-13(21)12-14)22-17(30-20)19(26)28-7-3/h8,10-12H,5-7,9H2,1-4H3. The smallest absolute Gasteiger partial charge is 0.365 e. The molecule has 2 aliphatic heterocycles. The van der Waals surface area contributed by atoms with Crippen molar-refractivity contribution < 1.29 is 19.1 Å². The van der Waals surface area contributed by atoms with Crippen LogP contribution in [0.3, 0.4) is 0 Å². The number of ether oxygens (including phenoxy) is 2. The lowest BCUT2D eigenvalue weighted by Gasteiger charge is -2.39. The van der Waals surface area contributed by atoms with Gasteiger partial charge in [0.05, 0.1) is 18.9 Å². The Balaban J connectivity index is 2.07. The van der Waals surface area contributed by atoms with E-state index in [4.69, 9.17) is 21.1 Å². The first-order chi connectivity index (χ1) is 14.4. The predicted molar refractivity (Wildman–Crippen MR) is 122 cm³/mol. The molecule has 1 atom stereocenters. The van der Waals surface area contributed by atoms with E-state index in [1.807, 2.05) is 24.1 Å². The van der Waals surface area contributed by atoms with Crippen molar-refractivity contribution in [3.8, 4) is 0 Å². The minimum Gasteiger partial charge on any atom is -0.462 e. The lowest BCUT2D eigenvalue weighted by molar-refractivity contribution is -0.137. The predicted octanol–water partition coefficient (Wildman–Crippen LogP) is 4.63. The van der Waals surface area contributed by atoms with Crippen molar-refractivity contribution in [3.05, 3.63) is 39.9 Å². The van der Waals surface area contributed by atoms with Crippen LogP contribution >= 0.6 is 35.1 Å². The maximum atomic E-state index is 12.7. The lowest BCUT2D eigenvalue weighted by atomic mass is 10.2. The van der Waals surface area contributed by atoms with Crippen LogP contribution in [0, 0.1) is 0 Å². The van der Waals surface area contributed by atoms with Gasteiger partial charge in [0.1, 0.15) is 4.91 Å². The Morgan fingerprint density at radius 3 is 2.47 bits per heavy atom. The zero-order valence-corrected chi connectivity index (χ0v) is 19.7. The average Bonchev–Trinajstić information content (AvgIpc) is 3.23. The number of halogens is 1. The summed E-state index contributed by atoms with van der Waals surface area (Å²) in [4.78, 5) is 27.8. The minimum absolute atomic E-state index is 0.220. The summed E-state index contributed by atoms with van der Waals surface area (Å²) in [6.45, 7) is 6.12. The first kappa shape index (κ1) is 22.8. The molecular weight excluding hydrogens is 446 g/mol. The summed E-state index contributed by atoms with van der Waals surface area (Å²) in [5.41, 5.74) is 1.57. The molecule has 3 rings (SSSR count). The van der Waals surface area contributed by atoms with Gasteiger partial charge >= 0.3 is 11.9 Å². The average molecular weight is 470 g/mol. The van der Waals surface area contributed by atoms with Gasteiger partial charge in [-0.1, -0.05) is 42.8 Å². The highest BCUT2D eigenvalue weighted by Gasteiger charge is 2.57. The molecule has 1 spiro atoms. The van der Waals surface area contributed by atoms with Crippen molar-refractivity contribution in [2.45, 2.75) is 37.9 Å². The van der Waals surface area contributed by atoms with Crippen molar-refractivity contribution >= 4 is 57.8 Å². The first-order valence-corrected chi connectivity index (χ1v) is 11.7. The lowest BCUT2D eigenvalue weighted by Crippen LogP contribution is -2.47. The number of hydrazone groups is 1. The molecule has 0 N–H and O–H groups in total. The van der Waals surface area contributed by atoms with Crippen LogP contribution in [0.25, 0.3) is 0 Å². The van der Waals surface area contributed by atoms with Crippen LogP contribution in [0.5, 0.6) is 0 Å². The third-order valence-corrected chi connectivity index (χ3v) is 7.67. The monoisotopic (exact) mass is 469 g/mol. The zero-order chi connectivity index (χ0) is 21.9. The van der Waals surface area contributed by atoms with Gasteiger partial charge in [0.25, 0.3) is 0 Å². The Morgan fingerprint density at radius 2 is 1.83 bits per heavy atom. The van der Waals surface area contributed by atoms with E-state index in [-0.39, 0.29) is 24.2 Å². The van der Waals surface area contributed by atoms with Gasteiger partial charge in [-0.2, -0.15) is 5.10 Å². The fourth-order valence-electron chi connectivity index (χ4n) is 3.18. The number of hydrogen-bond acceptors (Lipinski definition) is 9. The quantitative estimate of drug-likeness (QED) is 0.535. The van der Waals surface area contributed by atoms with Crippen LogP contribution < -0.4 is 5.01 Å². The Bertz CT molecular complexity index is 908. The van der Waals surface area contributed by atoms with E-state index < -0.39 is 10.3 Å². The molecule has 2 aliphatic rings. The number of carbonyl (C=O) groups excluding carboxylic acids is 2. The molecule has 0 bridgehead atoms. The van der Waals surface area contributed by atoms with E-state index in [1.54, 1.807) is 31.0 Å². The zero-order valence-electron chi connectivity index (χ0n) is 17.3. The molecular formula is C20H24ClN3O4S2. The summed E-state index contributed by atoms with van der Waals surface area (Å²) in [7, 11) is 1.90. The highest BCUT2D eigenvalue weighted by molar-refractivity contribution is 8.28. The van der Waals surface area contributed by atoms with E-state index in [9.17, 15) is 9.59 Å². The van der Waals surface area contributed by atoms with Crippen LogP contribution in [0.4, 0.5) is 5.69 Å². The maximum absolute atomic E-state index is 12.7. The molecule has 10 heteroatoms. The van der Waals surface area contributed by atoms with Crippen molar-refractivity contribution in [1.82, 2.24) is 4.90 Å². The van der Waals surface area contributed by atoms with Gasteiger partial charge in [0, 0.05) is 17.8 Å². The van der Waals surface area contributed by atoms with Crippen molar-refractivity contribution in [2.75, 3.05) is 25.3 Å². The summed E-state index contributed by atoms with van der Waals surface area (Å²) in [5, 5.41) is 7.07. The molecule has 0 amide bonds. The molecule has 0 radical (unpaired) electrons. The minimum atomic E-state index is -0.903. The Morgan fingerprint density at radius 1 is 1.13 bits per heavy atom. The summed E-state index contributed by atoms with van der Waals surface area (Å²) in [6.07, 6.45) is 1.55. The molecule has 1 unspecified atom stereocenters. The molecule has 0 fully saturated rings. The number of carbonyl (C=O) groups is 2. The van der Waals surface area contributed by atoms with Gasteiger partial charge < -0.3 is 14.4 Å². The van der Waals surface area contributed by atoms with Gasteiger partial charge in [-0.05, 0) is 50.2 Å². The highest BCUT2D eigenvalue weighted by atomic mass is 35.5. The molecule has 0 aromatic heterocycles. The second-order valence-electron chi connectivity index (χ2n) is 6.48. The van der Waals surface area contributed by atoms with Crippen molar-refractivity contribution in [1.29, 1.82) is 0 Å². The van der Waals surface area contributed by atoms with Crippen LogP contribution in [-0.4, -0.2) is 46.5 Å². The number of esters is 2. The molecule has 30 heavy (non-hydrogen) atoms. The van der Waals surface area contributed by atoms with E-state index >= 15 is 0 Å².